The predicted molar refractivity (Wildman–Crippen MR) is 89.1 cm³/mol. The molecular formula is C18H22N2O4. The van der Waals surface area contributed by atoms with Crippen LogP contribution in [0.1, 0.15) is 34.5 Å². The molecule has 0 aliphatic carbocycles. The van der Waals surface area contributed by atoms with Crippen molar-refractivity contribution in [2.45, 2.75) is 25.9 Å². The fourth-order valence-corrected chi connectivity index (χ4v) is 2.86. The summed E-state index contributed by atoms with van der Waals surface area (Å²) in [6, 6.07) is 6.85. The van der Waals surface area contributed by atoms with Crippen molar-refractivity contribution in [2.75, 3.05) is 20.3 Å². The number of furan rings is 1. The van der Waals surface area contributed by atoms with E-state index in [9.17, 15) is 4.79 Å². The van der Waals surface area contributed by atoms with Crippen LogP contribution in [0, 0.1) is 13.8 Å². The smallest absolute Gasteiger partial charge is 0.316 e. The maximum Gasteiger partial charge on any atom is 0.316 e. The van der Waals surface area contributed by atoms with Crippen LogP contribution in [0.4, 0.5) is 4.79 Å². The quantitative estimate of drug-likeness (QED) is 0.884. The first kappa shape index (κ1) is 16.4. The fraction of sp³-hybridized carbons (Fsp3) is 0.389. The van der Waals surface area contributed by atoms with Gasteiger partial charge in [0.15, 0.2) is 0 Å². The maximum absolute atomic E-state index is 12.4. The zero-order valence-electron chi connectivity index (χ0n) is 14.1. The van der Waals surface area contributed by atoms with E-state index >= 15 is 0 Å². The summed E-state index contributed by atoms with van der Waals surface area (Å²) >= 11 is 0. The van der Waals surface area contributed by atoms with Gasteiger partial charge in [-0.15, -0.1) is 0 Å². The number of benzene rings is 1. The fourth-order valence-electron chi connectivity index (χ4n) is 2.86. The van der Waals surface area contributed by atoms with Crippen LogP contribution in [-0.2, 0) is 4.74 Å². The van der Waals surface area contributed by atoms with Gasteiger partial charge < -0.3 is 24.5 Å². The Balaban J connectivity index is 1.67. The molecule has 0 radical (unpaired) electrons. The second-order valence-corrected chi connectivity index (χ2v) is 5.93. The van der Waals surface area contributed by atoms with Crippen LogP contribution in [-0.4, -0.2) is 26.4 Å². The zero-order chi connectivity index (χ0) is 17.1. The highest BCUT2D eigenvalue weighted by atomic mass is 16.5. The number of hydrogen-bond acceptors (Lipinski definition) is 4. The Morgan fingerprint density at radius 1 is 1.38 bits per heavy atom. The predicted octanol–water partition coefficient (Wildman–Crippen LogP) is 3.02. The van der Waals surface area contributed by atoms with E-state index in [1.807, 2.05) is 32.0 Å². The molecule has 0 fully saturated rings. The molecule has 2 N–H and O–H groups in total. The van der Waals surface area contributed by atoms with Crippen molar-refractivity contribution in [3.63, 3.8) is 0 Å². The molecule has 1 aliphatic heterocycles. The largest absolute Gasteiger partial charge is 0.490 e. The third kappa shape index (κ3) is 3.23. The lowest BCUT2D eigenvalue weighted by atomic mass is 10.0. The summed E-state index contributed by atoms with van der Waals surface area (Å²) in [5, 5.41) is 5.84. The van der Waals surface area contributed by atoms with Crippen molar-refractivity contribution >= 4 is 6.03 Å². The third-order valence-electron chi connectivity index (χ3n) is 4.31. The van der Waals surface area contributed by atoms with Gasteiger partial charge in [0.1, 0.15) is 24.2 Å². The Morgan fingerprint density at radius 2 is 2.21 bits per heavy atom. The number of carbonyl (C=O) groups is 1. The molecule has 1 aromatic carbocycles. The molecule has 0 saturated carbocycles. The molecule has 24 heavy (non-hydrogen) atoms. The second-order valence-electron chi connectivity index (χ2n) is 5.93. The van der Waals surface area contributed by atoms with Crippen LogP contribution < -0.4 is 15.4 Å². The number of nitrogens with one attached hydrogen (secondary N) is 2. The van der Waals surface area contributed by atoms with Crippen molar-refractivity contribution in [1.29, 1.82) is 0 Å². The number of carbonyl (C=O) groups excluding carboxylic acids is 1. The monoisotopic (exact) mass is 330 g/mol. The summed E-state index contributed by atoms with van der Waals surface area (Å²) in [5.74, 6) is 1.53. The summed E-state index contributed by atoms with van der Waals surface area (Å²) in [7, 11) is 1.59. The Hall–Kier alpha value is -2.47. The van der Waals surface area contributed by atoms with Gasteiger partial charge in [0, 0.05) is 12.7 Å². The van der Waals surface area contributed by atoms with E-state index in [0.717, 1.165) is 16.9 Å². The number of urea groups is 1. The van der Waals surface area contributed by atoms with Crippen LogP contribution in [0.15, 0.2) is 34.9 Å². The van der Waals surface area contributed by atoms with Crippen LogP contribution >= 0.6 is 0 Å². The van der Waals surface area contributed by atoms with Crippen molar-refractivity contribution < 1.29 is 18.7 Å². The van der Waals surface area contributed by atoms with Gasteiger partial charge in [-0.3, -0.25) is 0 Å². The van der Waals surface area contributed by atoms with Gasteiger partial charge in [-0.05, 0) is 37.1 Å². The highest BCUT2D eigenvalue weighted by Gasteiger charge is 2.28. The molecule has 2 amide bonds. The van der Waals surface area contributed by atoms with Gasteiger partial charge in [-0.25, -0.2) is 4.79 Å². The van der Waals surface area contributed by atoms with Gasteiger partial charge in [-0.2, -0.15) is 0 Å². The van der Waals surface area contributed by atoms with Crippen LogP contribution in [0.3, 0.4) is 0 Å². The van der Waals surface area contributed by atoms with Gasteiger partial charge in [0.05, 0.1) is 18.9 Å². The molecule has 2 unspecified atom stereocenters. The highest BCUT2D eigenvalue weighted by molar-refractivity contribution is 5.75. The van der Waals surface area contributed by atoms with Crippen LogP contribution in [0.25, 0.3) is 0 Å². The third-order valence-corrected chi connectivity index (χ3v) is 4.31. The summed E-state index contributed by atoms with van der Waals surface area (Å²) in [6.07, 6.45) is 1.57. The number of ether oxygens (including phenoxy) is 2. The first-order chi connectivity index (χ1) is 11.6. The molecule has 3 rings (SSSR count). The lowest BCUT2D eigenvalue weighted by Crippen LogP contribution is -2.41. The van der Waals surface area contributed by atoms with Gasteiger partial charge in [0.2, 0.25) is 0 Å². The van der Waals surface area contributed by atoms with E-state index in [-0.39, 0.29) is 18.1 Å². The highest BCUT2D eigenvalue weighted by Crippen LogP contribution is 2.36. The molecule has 0 spiro atoms. The topological polar surface area (TPSA) is 72.7 Å². The Bertz CT molecular complexity index is 712. The van der Waals surface area contributed by atoms with Crippen molar-refractivity contribution in [1.82, 2.24) is 10.6 Å². The molecule has 128 valence electrons. The Morgan fingerprint density at radius 3 is 2.92 bits per heavy atom. The normalized spacial score (nSPS) is 17.0. The number of fused-ring (bicyclic) bond motifs is 1. The van der Waals surface area contributed by atoms with Crippen molar-refractivity contribution in [3.8, 4) is 5.75 Å². The standard InChI is InChI=1S/C18H22N2O4/c1-11-6-7-13-14(10-24-17(13)12(11)2)19-18(21)20-15(9-22-3)16-5-4-8-23-16/h4-8,14-15H,9-10H2,1-3H3,(H2,19,20,21). The number of methoxy groups -OCH3 is 1. The lowest BCUT2D eigenvalue weighted by Gasteiger charge is -2.18. The molecular weight excluding hydrogens is 308 g/mol. The Kier molecular flexibility index (Phi) is 4.76. The minimum atomic E-state index is -0.341. The van der Waals surface area contributed by atoms with Crippen molar-refractivity contribution in [2.24, 2.45) is 0 Å². The summed E-state index contributed by atoms with van der Waals surface area (Å²) in [6.45, 7) is 4.84. The first-order valence-corrected chi connectivity index (χ1v) is 7.92. The number of aryl methyl sites for hydroxylation is 1. The molecule has 2 heterocycles. The van der Waals surface area contributed by atoms with E-state index in [1.54, 1.807) is 19.4 Å². The summed E-state index contributed by atoms with van der Waals surface area (Å²) < 4.78 is 16.3. The van der Waals surface area contributed by atoms with Gasteiger partial charge in [0.25, 0.3) is 0 Å². The Labute approximate surface area is 141 Å². The molecule has 6 nitrogen and oxygen atoms in total. The van der Waals surface area contributed by atoms with E-state index in [2.05, 4.69) is 10.6 Å². The minimum absolute atomic E-state index is 0.168. The molecule has 1 aliphatic rings. The average molecular weight is 330 g/mol. The van der Waals surface area contributed by atoms with Crippen molar-refractivity contribution in [3.05, 3.63) is 53.0 Å². The van der Waals surface area contributed by atoms with Crippen LogP contribution in [0.2, 0.25) is 0 Å². The number of hydrogen-bond donors (Lipinski definition) is 2. The maximum atomic E-state index is 12.4. The second kappa shape index (κ2) is 6.97. The lowest BCUT2D eigenvalue weighted by molar-refractivity contribution is 0.156. The first-order valence-electron chi connectivity index (χ1n) is 7.92. The van der Waals surface area contributed by atoms with Gasteiger partial charge in [-0.1, -0.05) is 12.1 Å². The number of rotatable bonds is 5. The summed E-state index contributed by atoms with van der Waals surface area (Å²) in [4.78, 5) is 12.4. The molecule has 0 saturated heterocycles. The van der Waals surface area contributed by atoms with Gasteiger partial charge >= 0.3 is 6.03 Å². The molecule has 0 bridgehead atoms. The zero-order valence-corrected chi connectivity index (χ0v) is 14.1. The SMILES string of the molecule is COCC(NC(=O)NC1COc2c1ccc(C)c2C)c1ccco1. The average Bonchev–Trinajstić information content (AvgIpc) is 3.21. The number of amides is 2. The molecule has 6 heteroatoms. The van der Waals surface area contributed by atoms with E-state index in [1.165, 1.54) is 5.56 Å². The summed E-state index contributed by atoms with van der Waals surface area (Å²) in [5.41, 5.74) is 3.30. The molecule has 2 atom stereocenters. The van der Waals surface area contributed by atoms with Crippen LogP contribution in [0.5, 0.6) is 5.75 Å². The van der Waals surface area contributed by atoms with E-state index in [4.69, 9.17) is 13.9 Å². The van der Waals surface area contributed by atoms with E-state index in [0.29, 0.717) is 19.0 Å². The minimum Gasteiger partial charge on any atom is -0.490 e. The molecule has 1 aromatic heterocycles. The molecule has 2 aromatic rings. The van der Waals surface area contributed by atoms with E-state index < -0.39 is 0 Å².